The van der Waals surface area contributed by atoms with Gasteiger partial charge in [-0.05, 0) is 12.1 Å². The Morgan fingerprint density at radius 2 is 1.13 bits per heavy atom. The molecule has 0 unspecified atom stereocenters. The lowest BCUT2D eigenvalue weighted by atomic mass is 9.91. The number of carboxylic acid groups (broad SMARTS) is 1. The van der Waals surface area contributed by atoms with Crippen molar-refractivity contribution in [3.8, 4) is 68.6 Å². The van der Waals surface area contributed by atoms with E-state index >= 15 is 0 Å². The third kappa shape index (κ3) is 4.37. The standard InChI is InChI=1S/C24H18O15/c25-10-4-7-13(18(31)15(10)28)14-8(24(36)38-3-1-2-37-23(7)35)5-12(27)17(30)21(14)39-20-9(22(33)34)6-11(26)16(29)19(20)32/h4-6,25-32H,1-3H2,(H,33,34). The summed E-state index contributed by atoms with van der Waals surface area (Å²) in [6.07, 6.45) is -0.00571. The molecule has 4 rings (SSSR count). The van der Waals surface area contributed by atoms with E-state index in [9.17, 15) is 60.3 Å². The molecule has 39 heavy (non-hydrogen) atoms. The fourth-order valence-electron chi connectivity index (χ4n) is 3.74. The number of aromatic hydroxyl groups is 8. The number of carbonyl (C=O) groups excluding carboxylic acids is 2. The number of cyclic esters (lactones) is 2. The fraction of sp³-hybridized carbons (Fsp3) is 0.125. The van der Waals surface area contributed by atoms with Crippen LogP contribution in [0.3, 0.4) is 0 Å². The zero-order chi connectivity index (χ0) is 28.8. The smallest absolute Gasteiger partial charge is 0.339 e. The van der Waals surface area contributed by atoms with Gasteiger partial charge in [-0.1, -0.05) is 0 Å². The molecule has 0 atom stereocenters. The first-order valence-electron chi connectivity index (χ1n) is 10.8. The molecule has 9 N–H and O–H groups in total. The summed E-state index contributed by atoms with van der Waals surface area (Å²) in [5.74, 6) is -15.9. The quantitative estimate of drug-likeness (QED) is 0.168. The molecule has 0 saturated heterocycles. The second-order valence-corrected chi connectivity index (χ2v) is 8.01. The van der Waals surface area contributed by atoms with E-state index < -0.39 is 103 Å². The minimum absolute atomic E-state index is 0.00571. The summed E-state index contributed by atoms with van der Waals surface area (Å²) in [5.41, 5.74) is -4.01. The summed E-state index contributed by atoms with van der Waals surface area (Å²) in [4.78, 5) is 37.6. The molecular weight excluding hydrogens is 528 g/mol. The van der Waals surface area contributed by atoms with Crippen molar-refractivity contribution < 1.29 is 74.6 Å². The summed E-state index contributed by atoms with van der Waals surface area (Å²) in [6, 6.07) is 1.76. The average molecular weight is 546 g/mol. The predicted octanol–water partition coefficient (Wildman–Crippen LogP) is 2.21. The number of fused-ring (bicyclic) bond motifs is 3. The van der Waals surface area contributed by atoms with Gasteiger partial charge in [-0.3, -0.25) is 0 Å². The third-order valence-electron chi connectivity index (χ3n) is 5.58. The zero-order valence-corrected chi connectivity index (χ0v) is 19.3. The molecule has 204 valence electrons. The van der Waals surface area contributed by atoms with E-state index in [1.807, 2.05) is 0 Å². The van der Waals surface area contributed by atoms with Crippen LogP contribution in [-0.4, -0.2) is 77.1 Å². The number of phenols is 8. The number of phenolic OH excluding ortho intramolecular Hbond substituents is 8. The molecule has 3 aromatic rings. The number of ether oxygens (including phenoxy) is 3. The maximum atomic E-state index is 13.0. The Balaban J connectivity index is 2.18. The molecule has 0 aromatic heterocycles. The predicted molar refractivity (Wildman–Crippen MR) is 124 cm³/mol. The molecule has 15 nitrogen and oxygen atoms in total. The van der Waals surface area contributed by atoms with Crippen molar-refractivity contribution >= 4 is 17.9 Å². The van der Waals surface area contributed by atoms with Gasteiger partial charge in [0.25, 0.3) is 0 Å². The van der Waals surface area contributed by atoms with Crippen LogP contribution < -0.4 is 4.74 Å². The largest absolute Gasteiger partial charge is 0.504 e. The van der Waals surface area contributed by atoms with E-state index in [0.717, 1.165) is 0 Å². The average Bonchev–Trinajstić information content (AvgIpc) is 2.90. The Morgan fingerprint density at radius 1 is 0.641 bits per heavy atom. The lowest BCUT2D eigenvalue weighted by Gasteiger charge is -2.21. The number of esters is 2. The van der Waals surface area contributed by atoms with Gasteiger partial charge in [0.1, 0.15) is 5.56 Å². The van der Waals surface area contributed by atoms with Gasteiger partial charge < -0.3 is 60.2 Å². The highest BCUT2D eigenvalue weighted by Crippen LogP contribution is 2.56. The van der Waals surface area contributed by atoms with Crippen LogP contribution in [0.25, 0.3) is 11.1 Å². The van der Waals surface area contributed by atoms with Gasteiger partial charge in [0.15, 0.2) is 34.5 Å². The molecule has 0 radical (unpaired) electrons. The number of hydrogen-bond donors (Lipinski definition) is 9. The van der Waals surface area contributed by atoms with E-state index in [1.54, 1.807) is 0 Å². The number of aromatic carboxylic acids is 1. The normalized spacial score (nSPS) is 13.3. The van der Waals surface area contributed by atoms with E-state index in [2.05, 4.69) is 0 Å². The van der Waals surface area contributed by atoms with E-state index in [4.69, 9.17) is 14.2 Å². The topological polar surface area (TPSA) is 261 Å². The van der Waals surface area contributed by atoms with Crippen LogP contribution in [0.4, 0.5) is 0 Å². The van der Waals surface area contributed by atoms with Crippen molar-refractivity contribution in [2.45, 2.75) is 6.42 Å². The van der Waals surface area contributed by atoms with Crippen molar-refractivity contribution in [2.24, 2.45) is 0 Å². The molecule has 0 spiro atoms. The Morgan fingerprint density at radius 3 is 1.69 bits per heavy atom. The summed E-state index contributed by atoms with van der Waals surface area (Å²) in [5, 5.41) is 91.7. The Kier molecular flexibility index (Phi) is 6.50. The minimum Gasteiger partial charge on any atom is -0.504 e. The molecule has 1 heterocycles. The van der Waals surface area contributed by atoms with Crippen molar-refractivity contribution in [1.82, 2.24) is 0 Å². The number of carboxylic acids is 1. The van der Waals surface area contributed by atoms with Crippen LogP contribution >= 0.6 is 0 Å². The Bertz CT molecular complexity index is 1560. The molecule has 3 aromatic carbocycles. The lowest BCUT2D eigenvalue weighted by molar-refractivity contribution is 0.0398. The van der Waals surface area contributed by atoms with Gasteiger partial charge in [-0.2, -0.15) is 0 Å². The van der Waals surface area contributed by atoms with Crippen LogP contribution in [0.2, 0.25) is 0 Å². The first-order chi connectivity index (χ1) is 18.3. The lowest BCUT2D eigenvalue weighted by Crippen LogP contribution is -2.10. The highest BCUT2D eigenvalue weighted by Gasteiger charge is 2.35. The summed E-state index contributed by atoms with van der Waals surface area (Å²) in [6.45, 7) is -0.620. The molecule has 0 saturated carbocycles. The Labute approximate surface area is 216 Å². The third-order valence-corrected chi connectivity index (χ3v) is 5.58. The minimum atomic E-state index is -1.82. The van der Waals surface area contributed by atoms with Crippen molar-refractivity contribution in [3.05, 3.63) is 34.9 Å². The monoisotopic (exact) mass is 546 g/mol. The number of rotatable bonds is 3. The maximum Gasteiger partial charge on any atom is 0.339 e. The highest BCUT2D eigenvalue weighted by atomic mass is 16.5. The number of hydrogen-bond acceptors (Lipinski definition) is 14. The van der Waals surface area contributed by atoms with Gasteiger partial charge in [0.2, 0.25) is 23.0 Å². The second kappa shape index (κ2) is 9.62. The summed E-state index contributed by atoms with van der Waals surface area (Å²) in [7, 11) is 0. The van der Waals surface area contributed by atoms with E-state index in [1.165, 1.54) is 0 Å². The molecule has 0 amide bonds. The van der Waals surface area contributed by atoms with Gasteiger partial charge >= 0.3 is 17.9 Å². The van der Waals surface area contributed by atoms with Crippen molar-refractivity contribution in [1.29, 1.82) is 0 Å². The first-order valence-corrected chi connectivity index (χ1v) is 10.8. The molecule has 0 fully saturated rings. The summed E-state index contributed by atoms with van der Waals surface area (Å²) < 4.78 is 15.5. The zero-order valence-electron chi connectivity index (χ0n) is 19.3. The van der Waals surface area contributed by atoms with Crippen LogP contribution in [-0.2, 0) is 9.47 Å². The van der Waals surface area contributed by atoms with Crippen LogP contribution in [0.5, 0.6) is 57.5 Å². The SMILES string of the molecule is O=C(O)c1cc(O)c(O)c(O)c1Oc1c(O)c(O)cc2c1-c1c(cc(O)c(O)c1O)C(=O)OCCCOC2=O. The van der Waals surface area contributed by atoms with E-state index in [0.29, 0.717) is 18.2 Å². The van der Waals surface area contributed by atoms with Gasteiger partial charge in [0, 0.05) is 23.6 Å². The molecule has 15 heteroatoms. The van der Waals surface area contributed by atoms with Gasteiger partial charge in [-0.15, -0.1) is 0 Å². The molecule has 1 aliphatic rings. The second-order valence-electron chi connectivity index (χ2n) is 8.01. The Hall–Kier alpha value is -5.73. The van der Waals surface area contributed by atoms with Crippen LogP contribution in [0.1, 0.15) is 37.5 Å². The van der Waals surface area contributed by atoms with Crippen molar-refractivity contribution in [3.63, 3.8) is 0 Å². The van der Waals surface area contributed by atoms with Gasteiger partial charge in [0.05, 0.1) is 24.3 Å². The van der Waals surface area contributed by atoms with E-state index in [-0.39, 0.29) is 19.6 Å². The molecule has 1 aliphatic heterocycles. The molecule has 0 bridgehead atoms. The van der Waals surface area contributed by atoms with Crippen LogP contribution in [0, 0.1) is 0 Å². The fourth-order valence-corrected chi connectivity index (χ4v) is 3.74. The summed E-state index contributed by atoms with van der Waals surface area (Å²) >= 11 is 0. The van der Waals surface area contributed by atoms with Crippen LogP contribution in [0.15, 0.2) is 18.2 Å². The number of carbonyl (C=O) groups is 3. The highest BCUT2D eigenvalue weighted by molar-refractivity contribution is 6.08. The maximum absolute atomic E-state index is 13.0. The van der Waals surface area contributed by atoms with Gasteiger partial charge in [-0.25, -0.2) is 14.4 Å². The first kappa shape index (κ1) is 26.3. The van der Waals surface area contributed by atoms with Crippen molar-refractivity contribution in [2.75, 3.05) is 13.2 Å². The molecular formula is C24H18O15. The molecule has 0 aliphatic carbocycles. The number of benzene rings is 3.